The zero-order chi connectivity index (χ0) is 19.5. The molecule has 5 rings (SSSR count). The third kappa shape index (κ3) is 2.51. The third-order valence-corrected chi connectivity index (χ3v) is 7.27. The molecule has 0 bridgehead atoms. The standard InChI is InChI=1S/C22H27N3O3/c1-13-12-15(6-9-23-13)19-24-18-16(20(26)25-19)4-5-17-14(2)22(27-10-11-28-22)8-7-21(17,18)3/h6,9,12,14,17H,4-5,7-8,10-11H2,1-3H3,(H,24,25,26)/t14-,17-,21-/m1/s1. The van der Waals surface area contributed by atoms with Crippen LogP contribution in [0.25, 0.3) is 11.4 Å². The highest BCUT2D eigenvalue weighted by Gasteiger charge is 2.57. The van der Waals surface area contributed by atoms with E-state index in [2.05, 4.69) is 23.8 Å². The van der Waals surface area contributed by atoms with Gasteiger partial charge in [-0.3, -0.25) is 4.98 Å². The van der Waals surface area contributed by atoms with Gasteiger partial charge >= 0.3 is 0 Å². The summed E-state index contributed by atoms with van der Waals surface area (Å²) in [6.07, 6.45) is 5.33. The summed E-state index contributed by atoms with van der Waals surface area (Å²) in [7, 11) is 0. The lowest BCUT2D eigenvalue weighted by atomic mass is 9.55. The maximum Gasteiger partial charge on any atom is 0.217 e. The minimum atomic E-state index is -0.443. The first kappa shape index (κ1) is 18.0. The summed E-state index contributed by atoms with van der Waals surface area (Å²) in [5.74, 6) is 0.932. The Morgan fingerprint density at radius 1 is 1.18 bits per heavy atom. The zero-order valence-electron chi connectivity index (χ0n) is 16.7. The van der Waals surface area contributed by atoms with Crippen molar-refractivity contribution in [1.82, 2.24) is 15.0 Å². The van der Waals surface area contributed by atoms with Crippen LogP contribution in [0.4, 0.5) is 0 Å². The monoisotopic (exact) mass is 381 g/mol. The van der Waals surface area contributed by atoms with Crippen molar-refractivity contribution >= 4 is 0 Å². The van der Waals surface area contributed by atoms with Crippen LogP contribution in [0.15, 0.2) is 18.3 Å². The molecule has 1 N–H and O–H groups in total. The van der Waals surface area contributed by atoms with E-state index in [9.17, 15) is 5.11 Å². The summed E-state index contributed by atoms with van der Waals surface area (Å²) in [4.78, 5) is 13.7. The van der Waals surface area contributed by atoms with Crippen molar-refractivity contribution < 1.29 is 14.6 Å². The van der Waals surface area contributed by atoms with E-state index >= 15 is 0 Å². The summed E-state index contributed by atoms with van der Waals surface area (Å²) in [5.41, 5.74) is 3.58. The second-order valence-electron chi connectivity index (χ2n) is 8.74. The lowest BCUT2D eigenvalue weighted by Crippen LogP contribution is -2.55. The van der Waals surface area contributed by atoms with Gasteiger partial charge in [-0.1, -0.05) is 13.8 Å². The molecule has 6 heteroatoms. The summed E-state index contributed by atoms with van der Waals surface area (Å²) in [6.45, 7) is 7.86. The van der Waals surface area contributed by atoms with Crippen molar-refractivity contribution in [2.75, 3.05) is 13.2 Å². The van der Waals surface area contributed by atoms with Crippen LogP contribution in [0.3, 0.4) is 0 Å². The SMILES string of the molecule is Cc1cc(-c2nc(O)c3c(n2)[C@]2(C)CCC4(OCCO4)[C@H](C)[C@H]2CC3)ccn1. The molecule has 1 aliphatic heterocycles. The van der Waals surface area contributed by atoms with Crippen molar-refractivity contribution in [3.63, 3.8) is 0 Å². The molecule has 3 heterocycles. The van der Waals surface area contributed by atoms with Crippen molar-refractivity contribution in [3.8, 4) is 17.3 Å². The normalized spacial score (nSPS) is 30.8. The van der Waals surface area contributed by atoms with Crippen LogP contribution in [0.5, 0.6) is 5.88 Å². The number of ether oxygens (including phenoxy) is 2. The lowest BCUT2D eigenvalue weighted by Gasteiger charge is -2.54. The number of aromatic hydroxyl groups is 1. The number of hydrogen-bond acceptors (Lipinski definition) is 6. The molecule has 0 unspecified atom stereocenters. The molecule has 28 heavy (non-hydrogen) atoms. The Labute approximate surface area is 165 Å². The molecule has 0 amide bonds. The number of aryl methyl sites for hydroxylation is 1. The van der Waals surface area contributed by atoms with E-state index in [0.29, 0.717) is 25.0 Å². The minimum Gasteiger partial charge on any atom is -0.493 e. The molecular formula is C22H27N3O3. The van der Waals surface area contributed by atoms with Gasteiger partial charge < -0.3 is 14.6 Å². The molecular weight excluding hydrogens is 354 g/mol. The van der Waals surface area contributed by atoms with E-state index in [0.717, 1.165) is 48.2 Å². The topological polar surface area (TPSA) is 77.4 Å². The van der Waals surface area contributed by atoms with Gasteiger partial charge in [0, 0.05) is 40.8 Å². The van der Waals surface area contributed by atoms with E-state index in [-0.39, 0.29) is 17.2 Å². The van der Waals surface area contributed by atoms with Crippen LogP contribution in [0.1, 0.15) is 50.1 Å². The highest BCUT2D eigenvalue weighted by atomic mass is 16.7. The number of aromatic nitrogens is 3. The molecule has 2 aromatic rings. The predicted molar refractivity (Wildman–Crippen MR) is 104 cm³/mol. The number of pyridine rings is 1. The van der Waals surface area contributed by atoms with Crippen molar-refractivity contribution in [1.29, 1.82) is 0 Å². The summed E-state index contributed by atoms with van der Waals surface area (Å²) < 4.78 is 12.2. The summed E-state index contributed by atoms with van der Waals surface area (Å²) >= 11 is 0. The highest BCUT2D eigenvalue weighted by Crippen LogP contribution is 2.57. The minimum absolute atomic E-state index is 0.120. The molecule has 148 valence electrons. The maximum absolute atomic E-state index is 10.7. The molecule has 0 radical (unpaired) electrons. The second-order valence-corrected chi connectivity index (χ2v) is 8.74. The van der Waals surface area contributed by atoms with Gasteiger partial charge in [-0.05, 0) is 44.2 Å². The van der Waals surface area contributed by atoms with Crippen molar-refractivity contribution in [3.05, 3.63) is 35.3 Å². The van der Waals surface area contributed by atoms with Gasteiger partial charge in [0.15, 0.2) is 11.6 Å². The zero-order valence-corrected chi connectivity index (χ0v) is 16.7. The molecule has 1 saturated carbocycles. The quantitative estimate of drug-likeness (QED) is 0.814. The number of nitrogens with zero attached hydrogens (tertiary/aromatic N) is 3. The van der Waals surface area contributed by atoms with Gasteiger partial charge in [0.1, 0.15) is 0 Å². The van der Waals surface area contributed by atoms with Gasteiger partial charge in [0.2, 0.25) is 5.88 Å². The molecule has 6 nitrogen and oxygen atoms in total. The Kier molecular flexibility index (Phi) is 4.00. The van der Waals surface area contributed by atoms with Gasteiger partial charge in [-0.15, -0.1) is 0 Å². The van der Waals surface area contributed by atoms with Crippen LogP contribution in [0.2, 0.25) is 0 Å². The van der Waals surface area contributed by atoms with E-state index in [1.807, 2.05) is 19.1 Å². The molecule has 3 aliphatic rings. The van der Waals surface area contributed by atoms with Crippen LogP contribution in [-0.4, -0.2) is 39.1 Å². The Morgan fingerprint density at radius 3 is 2.71 bits per heavy atom. The predicted octanol–water partition coefficient (Wildman–Crippen LogP) is 3.55. The van der Waals surface area contributed by atoms with Gasteiger partial charge in [0.05, 0.1) is 18.9 Å². The average Bonchev–Trinajstić information content (AvgIpc) is 3.16. The number of rotatable bonds is 1. The molecule has 2 aromatic heterocycles. The third-order valence-electron chi connectivity index (χ3n) is 7.27. The Bertz CT molecular complexity index is 925. The van der Waals surface area contributed by atoms with E-state index in [4.69, 9.17) is 14.5 Å². The Hall–Kier alpha value is -2.05. The first-order valence-corrected chi connectivity index (χ1v) is 10.2. The second kappa shape index (κ2) is 6.22. The number of hydrogen-bond donors (Lipinski definition) is 1. The fourth-order valence-corrected chi connectivity index (χ4v) is 5.73. The molecule has 1 spiro atoms. The van der Waals surface area contributed by atoms with Gasteiger partial charge in [0.25, 0.3) is 0 Å². The van der Waals surface area contributed by atoms with Crippen LogP contribution in [-0.2, 0) is 21.3 Å². The number of fused-ring (bicyclic) bond motifs is 3. The highest BCUT2D eigenvalue weighted by molar-refractivity contribution is 5.57. The molecule has 2 aliphatic carbocycles. The maximum atomic E-state index is 10.7. The van der Waals surface area contributed by atoms with E-state index in [1.165, 1.54) is 0 Å². The summed E-state index contributed by atoms with van der Waals surface area (Å²) in [6, 6.07) is 3.86. The smallest absolute Gasteiger partial charge is 0.217 e. The van der Waals surface area contributed by atoms with Gasteiger partial charge in [-0.25, -0.2) is 4.98 Å². The molecule has 0 aromatic carbocycles. The summed E-state index contributed by atoms with van der Waals surface area (Å²) in [5, 5.41) is 10.7. The Balaban J connectivity index is 1.60. The van der Waals surface area contributed by atoms with Crippen LogP contribution >= 0.6 is 0 Å². The van der Waals surface area contributed by atoms with Crippen LogP contribution < -0.4 is 0 Å². The van der Waals surface area contributed by atoms with Crippen LogP contribution in [0, 0.1) is 18.8 Å². The average molecular weight is 381 g/mol. The fourth-order valence-electron chi connectivity index (χ4n) is 5.73. The molecule has 1 saturated heterocycles. The van der Waals surface area contributed by atoms with Crippen molar-refractivity contribution in [2.45, 2.75) is 57.7 Å². The Morgan fingerprint density at radius 2 is 1.96 bits per heavy atom. The molecule has 2 fully saturated rings. The van der Waals surface area contributed by atoms with Gasteiger partial charge in [-0.2, -0.15) is 4.98 Å². The molecule has 3 atom stereocenters. The largest absolute Gasteiger partial charge is 0.493 e. The lowest BCUT2D eigenvalue weighted by molar-refractivity contribution is -0.234. The first-order valence-electron chi connectivity index (χ1n) is 10.2. The fraction of sp³-hybridized carbons (Fsp3) is 0.591. The van der Waals surface area contributed by atoms with E-state index < -0.39 is 5.79 Å². The first-order chi connectivity index (χ1) is 13.4. The van der Waals surface area contributed by atoms with Crippen molar-refractivity contribution in [2.24, 2.45) is 11.8 Å². The van der Waals surface area contributed by atoms with E-state index in [1.54, 1.807) is 6.20 Å².